The Labute approximate surface area is 87.4 Å². The van der Waals surface area contributed by atoms with E-state index in [9.17, 15) is 0 Å². The van der Waals surface area contributed by atoms with Crippen LogP contribution >= 0.6 is 0 Å². The predicted octanol–water partition coefficient (Wildman–Crippen LogP) is 1.95. The number of terminal acetylenes is 1. The van der Waals surface area contributed by atoms with Gasteiger partial charge in [0, 0.05) is 19.5 Å². The normalized spacial score (nSPS) is 17.9. The molecule has 0 aliphatic heterocycles. The summed E-state index contributed by atoms with van der Waals surface area (Å²) < 4.78 is 5.75. The van der Waals surface area contributed by atoms with Gasteiger partial charge in [0.15, 0.2) is 0 Å². The van der Waals surface area contributed by atoms with Crippen molar-refractivity contribution in [1.82, 2.24) is 5.32 Å². The Kier molecular flexibility index (Phi) is 6.47. The Morgan fingerprint density at radius 3 is 2.71 bits per heavy atom. The van der Waals surface area contributed by atoms with Gasteiger partial charge < -0.3 is 10.1 Å². The lowest BCUT2D eigenvalue weighted by Crippen LogP contribution is -2.25. The topological polar surface area (TPSA) is 21.3 Å². The molecule has 14 heavy (non-hydrogen) atoms. The zero-order chi connectivity index (χ0) is 10.1. The van der Waals surface area contributed by atoms with Crippen molar-refractivity contribution in [2.45, 2.75) is 44.6 Å². The molecule has 0 unspecified atom stereocenters. The van der Waals surface area contributed by atoms with Crippen LogP contribution in [0.3, 0.4) is 0 Å². The molecule has 0 heterocycles. The van der Waals surface area contributed by atoms with Gasteiger partial charge in [-0.05, 0) is 12.8 Å². The molecule has 0 bridgehead atoms. The predicted molar refractivity (Wildman–Crippen MR) is 59.1 cm³/mol. The zero-order valence-corrected chi connectivity index (χ0v) is 8.93. The van der Waals surface area contributed by atoms with E-state index in [0.29, 0.717) is 6.10 Å². The molecular formula is C12H21NO. The summed E-state index contributed by atoms with van der Waals surface area (Å²) in [7, 11) is 0. The summed E-state index contributed by atoms with van der Waals surface area (Å²) >= 11 is 0. The van der Waals surface area contributed by atoms with E-state index in [1.165, 1.54) is 32.1 Å². The SMILES string of the molecule is C#CCCNCCOC1CCCCC1. The van der Waals surface area contributed by atoms with Crippen molar-refractivity contribution in [3.8, 4) is 12.3 Å². The summed E-state index contributed by atoms with van der Waals surface area (Å²) in [6.07, 6.45) is 13.1. The van der Waals surface area contributed by atoms with E-state index >= 15 is 0 Å². The second-order valence-electron chi connectivity index (χ2n) is 3.83. The van der Waals surface area contributed by atoms with Crippen molar-refractivity contribution in [2.75, 3.05) is 19.7 Å². The van der Waals surface area contributed by atoms with Gasteiger partial charge in [0.2, 0.25) is 0 Å². The summed E-state index contributed by atoms with van der Waals surface area (Å²) in [4.78, 5) is 0. The van der Waals surface area contributed by atoms with Crippen molar-refractivity contribution in [2.24, 2.45) is 0 Å². The first-order valence-electron chi connectivity index (χ1n) is 5.69. The van der Waals surface area contributed by atoms with E-state index < -0.39 is 0 Å². The maximum atomic E-state index is 5.75. The third-order valence-corrected chi connectivity index (χ3v) is 2.63. The molecule has 0 saturated heterocycles. The molecule has 1 aliphatic carbocycles. The highest BCUT2D eigenvalue weighted by Gasteiger charge is 2.12. The summed E-state index contributed by atoms with van der Waals surface area (Å²) in [6, 6.07) is 0. The third-order valence-electron chi connectivity index (χ3n) is 2.63. The fraction of sp³-hybridized carbons (Fsp3) is 0.833. The molecule has 1 saturated carbocycles. The summed E-state index contributed by atoms with van der Waals surface area (Å²) in [5, 5.41) is 3.26. The van der Waals surface area contributed by atoms with Crippen molar-refractivity contribution >= 4 is 0 Å². The summed E-state index contributed by atoms with van der Waals surface area (Å²) in [5.74, 6) is 2.60. The molecule has 0 radical (unpaired) electrons. The smallest absolute Gasteiger partial charge is 0.0594 e. The lowest BCUT2D eigenvalue weighted by Gasteiger charge is -2.21. The highest BCUT2D eigenvalue weighted by atomic mass is 16.5. The van der Waals surface area contributed by atoms with Gasteiger partial charge >= 0.3 is 0 Å². The van der Waals surface area contributed by atoms with E-state index in [1.807, 2.05) is 0 Å². The minimum atomic E-state index is 0.526. The first kappa shape index (κ1) is 11.6. The Balaban J connectivity index is 1.85. The van der Waals surface area contributed by atoms with Crippen molar-refractivity contribution < 1.29 is 4.74 Å². The highest BCUT2D eigenvalue weighted by Crippen LogP contribution is 2.19. The van der Waals surface area contributed by atoms with Crippen LogP contribution in [0, 0.1) is 12.3 Å². The molecule has 0 aromatic rings. The molecule has 0 aromatic heterocycles. The van der Waals surface area contributed by atoms with Crippen LogP contribution in [0.2, 0.25) is 0 Å². The molecule has 2 heteroatoms. The van der Waals surface area contributed by atoms with Crippen LogP contribution in [0.5, 0.6) is 0 Å². The van der Waals surface area contributed by atoms with Crippen LogP contribution in [0.15, 0.2) is 0 Å². The summed E-state index contributed by atoms with van der Waals surface area (Å²) in [5.41, 5.74) is 0. The highest BCUT2D eigenvalue weighted by molar-refractivity contribution is 4.83. The third kappa shape index (κ3) is 5.26. The molecule has 0 amide bonds. The average Bonchev–Trinajstić information content (AvgIpc) is 2.25. The number of rotatable bonds is 6. The largest absolute Gasteiger partial charge is 0.377 e. The molecule has 1 fully saturated rings. The first-order valence-corrected chi connectivity index (χ1v) is 5.69. The van der Waals surface area contributed by atoms with Gasteiger partial charge in [-0.15, -0.1) is 12.3 Å². The molecule has 0 spiro atoms. The minimum Gasteiger partial charge on any atom is -0.377 e. The molecule has 80 valence electrons. The molecule has 0 atom stereocenters. The van der Waals surface area contributed by atoms with Crippen LogP contribution in [0.4, 0.5) is 0 Å². The lowest BCUT2D eigenvalue weighted by molar-refractivity contribution is 0.0304. The van der Waals surface area contributed by atoms with E-state index in [1.54, 1.807) is 0 Å². The van der Waals surface area contributed by atoms with Crippen LogP contribution in [-0.4, -0.2) is 25.8 Å². The number of hydrogen-bond donors (Lipinski definition) is 1. The van der Waals surface area contributed by atoms with E-state index in [-0.39, 0.29) is 0 Å². The van der Waals surface area contributed by atoms with Gasteiger partial charge in [0.05, 0.1) is 12.7 Å². The van der Waals surface area contributed by atoms with Gasteiger partial charge in [0.25, 0.3) is 0 Å². The molecule has 1 rings (SSSR count). The number of hydrogen-bond acceptors (Lipinski definition) is 2. The van der Waals surface area contributed by atoms with E-state index in [0.717, 1.165) is 26.1 Å². The van der Waals surface area contributed by atoms with Crippen molar-refractivity contribution in [3.05, 3.63) is 0 Å². The molecule has 2 nitrogen and oxygen atoms in total. The molecular weight excluding hydrogens is 174 g/mol. The van der Waals surface area contributed by atoms with Crippen LogP contribution < -0.4 is 5.32 Å². The van der Waals surface area contributed by atoms with Crippen molar-refractivity contribution in [1.29, 1.82) is 0 Å². The minimum absolute atomic E-state index is 0.526. The van der Waals surface area contributed by atoms with E-state index in [2.05, 4.69) is 11.2 Å². The Bertz CT molecular complexity index is 168. The van der Waals surface area contributed by atoms with E-state index in [4.69, 9.17) is 11.2 Å². The summed E-state index contributed by atoms with van der Waals surface area (Å²) in [6.45, 7) is 2.66. The first-order chi connectivity index (χ1) is 6.93. The van der Waals surface area contributed by atoms with Crippen LogP contribution in [0.1, 0.15) is 38.5 Å². The van der Waals surface area contributed by atoms with Gasteiger partial charge in [0.1, 0.15) is 0 Å². The quantitative estimate of drug-likeness (QED) is 0.516. The fourth-order valence-electron chi connectivity index (χ4n) is 1.82. The van der Waals surface area contributed by atoms with Gasteiger partial charge in [-0.2, -0.15) is 0 Å². The Hall–Kier alpha value is -0.520. The second kappa shape index (κ2) is 7.84. The van der Waals surface area contributed by atoms with Gasteiger partial charge in [-0.3, -0.25) is 0 Å². The Morgan fingerprint density at radius 1 is 1.21 bits per heavy atom. The Morgan fingerprint density at radius 2 is 2.00 bits per heavy atom. The molecule has 0 aromatic carbocycles. The lowest BCUT2D eigenvalue weighted by atomic mass is 9.98. The van der Waals surface area contributed by atoms with Crippen LogP contribution in [-0.2, 0) is 4.74 Å². The fourth-order valence-corrected chi connectivity index (χ4v) is 1.82. The monoisotopic (exact) mass is 195 g/mol. The maximum Gasteiger partial charge on any atom is 0.0594 e. The second-order valence-corrected chi connectivity index (χ2v) is 3.83. The standard InChI is InChI=1S/C12H21NO/c1-2-3-9-13-10-11-14-12-7-5-4-6-8-12/h1,12-13H,3-11H2. The van der Waals surface area contributed by atoms with Gasteiger partial charge in [-0.1, -0.05) is 19.3 Å². The van der Waals surface area contributed by atoms with Gasteiger partial charge in [-0.25, -0.2) is 0 Å². The number of nitrogens with one attached hydrogen (secondary N) is 1. The molecule has 1 N–H and O–H groups in total. The number of ether oxygens (including phenoxy) is 1. The van der Waals surface area contributed by atoms with Crippen molar-refractivity contribution in [3.63, 3.8) is 0 Å². The molecule has 1 aliphatic rings. The zero-order valence-electron chi connectivity index (χ0n) is 8.93. The maximum absolute atomic E-state index is 5.75. The average molecular weight is 195 g/mol. The van der Waals surface area contributed by atoms with Crippen LogP contribution in [0.25, 0.3) is 0 Å².